The van der Waals surface area contributed by atoms with Crippen LogP contribution in [0.5, 0.6) is 11.5 Å². The predicted molar refractivity (Wildman–Crippen MR) is 120 cm³/mol. The van der Waals surface area contributed by atoms with Gasteiger partial charge < -0.3 is 25.2 Å². The molecule has 0 aliphatic carbocycles. The van der Waals surface area contributed by atoms with Crippen LogP contribution in [-0.2, 0) is 12.8 Å². The summed E-state index contributed by atoms with van der Waals surface area (Å²) >= 11 is 0. The van der Waals surface area contributed by atoms with Crippen molar-refractivity contribution in [3.05, 3.63) is 78.0 Å². The van der Waals surface area contributed by atoms with Crippen LogP contribution >= 0.6 is 0 Å². The van der Waals surface area contributed by atoms with Gasteiger partial charge in [-0.2, -0.15) is 5.10 Å². The van der Waals surface area contributed by atoms with E-state index in [4.69, 9.17) is 9.47 Å². The van der Waals surface area contributed by atoms with Crippen molar-refractivity contribution in [1.82, 2.24) is 10.2 Å². The van der Waals surface area contributed by atoms with Gasteiger partial charge in [-0.3, -0.25) is 9.89 Å². The highest BCUT2D eigenvalue weighted by Gasteiger charge is 2.14. The first-order valence-electron chi connectivity index (χ1n) is 9.76. The van der Waals surface area contributed by atoms with Gasteiger partial charge in [-0.25, -0.2) is 0 Å². The first kappa shape index (κ1) is 21.9. The summed E-state index contributed by atoms with van der Waals surface area (Å²) in [5.41, 5.74) is 2.83. The number of aliphatic hydroxyl groups excluding tert-OH is 1. The van der Waals surface area contributed by atoms with Gasteiger partial charge in [0.25, 0.3) is 5.91 Å². The third-order valence-corrected chi connectivity index (χ3v) is 4.67. The molecule has 31 heavy (non-hydrogen) atoms. The number of nitrogens with one attached hydrogen (secondary N) is 3. The third-order valence-electron chi connectivity index (χ3n) is 4.67. The van der Waals surface area contributed by atoms with Gasteiger partial charge in [0.05, 0.1) is 19.8 Å². The molecule has 8 heteroatoms. The first-order chi connectivity index (χ1) is 15.0. The molecule has 1 atom stereocenters. The van der Waals surface area contributed by atoms with Crippen LogP contribution < -0.4 is 20.1 Å². The van der Waals surface area contributed by atoms with Gasteiger partial charge in [-0.15, -0.1) is 0 Å². The maximum absolute atomic E-state index is 12.7. The Hall–Kier alpha value is -3.78. The standard InChI is InChI=1S/C23H26N4O4/c1-4-22(28)24-20-8-6-5-7-19(20)23(29)25-21-13-16(26-27-21)10-9-15-11-17(30-2)14-18(12-15)31-3/h4-8,11-14,22,24,28H,1,9-10H2,2-3H3,(H2,25,26,27,29). The molecule has 162 valence electrons. The quantitative estimate of drug-likeness (QED) is 0.295. The van der Waals surface area contributed by atoms with Crippen LogP contribution in [0, 0.1) is 0 Å². The summed E-state index contributed by atoms with van der Waals surface area (Å²) in [6.45, 7) is 3.52. The molecule has 3 aromatic rings. The minimum absolute atomic E-state index is 0.338. The fraction of sp³-hybridized carbons (Fsp3) is 0.217. The number of carbonyl (C=O) groups is 1. The number of hydrogen-bond donors (Lipinski definition) is 4. The zero-order valence-corrected chi connectivity index (χ0v) is 17.5. The van der Waals surface area contributed by atoms with Crippen molar-refractivity contribution in [2.45, 2.75) is 19.1 Å². The number of ether oxygens (including phenoxy) is 2. The minimum Gasteiger partial charge on any atom is -0.497 e. The maximum Gasteiger partial charge on any atom is 0.258 e. The Morgan fingerprint density at radius 1 is 1.16 bits per heavy atom. The van der Waals surface area contributed by atoms with Crippen molar-refractivity contribution in [2.24, 2.45) is 0 Å². The average Bonchev–Trinajstić information content (AvgIpc) is 3.24. The van der Waals surface area contributed by atoms with Crippen molar-refractivity contribution in [3.8, 4) is 11.5 Å². The van der Waals surface area contributed by atoms with E-state index in [9.17, 15) is 9.90 Å². The second kappa shape index (κ2) is 10.3. The normalized spacial score (nSPS) is 11.5. The number of aryl methyl sites for hydroxylation is 2. The number of nitrogens with zero attached hydrogens (tertiary/aromatic N) is 1. The van der Waals surface area contributed by atoms with E-state index in [2.05, 4.69) is 27.4 Å². The minimum atomic E-state index is -0.957. The zero-order valence-electron chi connectivity index (χ0n) is 17.5. The van der Waals surface area contributed by atoms with E-state index >= 15 is 0 Å². The summed E-state index contributed by atoms with van der Waals surface area (Å²) < 4.78 is 10.6. The van der Waals surface area contributed by atoms with E-state index in [0.717, 1.165) is 29.2 Å². The molecular weight excluding hydrogens is 396 g/mol. The number of para-hydroxylation sites is 1. The first-order valence-corrected chi connectivity index (χ1v) is 9.76. The van der Waals surface area contributed by atoms with Crippen molar-refractivity contribution in [3.63, 3.8) is 0 Å². The van der Waals surface area contributed by atoms with Gasteiger partial charge in [-0.05, 0) is 48.7 Å². The Morgan fingerprint density at radius 3 is 2.55 bits per heavy atom. The van der Waals surface area contributed by atoms with E-state index in [1.54, 1.807) is 44.6 Å². The maximum atomic E-state index is 12.7. The van der Waals surface area contributed by atoms with Gasteiger partial charge >= 0.3 is 0 Å². The number of aromatic amines is 1. The lowest BCUT2D eigenvalue weighted by molar-refractivity contribution is 0.102. The Labute approximate surface area is 180 Å². The summed E-state index contributed by atoms with van der Waals surface area (Å²) in [7, 11) is 3.24. The van der Waals surface area contributed by atoms with E-state index in [1.807, 2.05) is 18.2 Å². The lowest BCUT2D eigenvalue weighted by Crippen LogP contribution is -2.20. The lowest BCUT2D eigenvalue weighted by Gasteiger charge is -2.13. The van der Waals surface area contributed by atoms with E-state index in [-0.39, 0.29) is 5.91 Å². The van der Waals surface area contributed by atoms with E-state index < -0.39 is 6.23 Å². The van der Waals surface area contributed by atoms with E-state index in [1.165, 1.54) is 6.08 Å². The Morgan fingerprint density at radius 2 is 1.87 bits per heavy atom. The topological polar surface area (TPSA) is 109 Å². The SMILES string of the molecule is C=CC(O)Nc1ccccc1C(=O)Nc1cc(CCc2cc(OC)cc(OC)c2)[nH]n1. The van der Waals surface area contributed by atoms with Crippen LogP contribution in [0.2, 0.25) is 0 Å². The number of anilines is 2. The molecule has 0 bridgehead atoms. The average molecular weight is 422 g/mol. The number of carbonyl (C=O) groups excluding carboxylic acids is 1. The van der Waals surface area contributed by atoms with Gasteiger partial charge in [0.1, 0.15) is 17.7 Å². The molecule has 0 radical (unpaired) electrons. The smallest absolute Gasteiger partial charge is 0.258 e. The van der Waals surface area contributed by atoms with Crippen LogP contribution in [0.3, 0.4) is 0 Å². The molecule has 0 aliphatic heterocycles. The van der Waals surface area contributed by atoms with Crippen molar-refractivity contribution in [1.29, 1.82) is 0 Å². The molecular formula is C23H26N4O4. The van der Waals surface area contributed by atoms with Gasteiger partial charge in [0.2, 0.25) is 0 Å². The highest BCUT2D eigenvalue weighted by molar-refractivity contribution is 6.07. The van der Waals surface area contributed by atoms with E-state index in [0.29, 0.717) is 23.5 Å². The molecule has 4 N–H and O–H groups in total. The lowest BCUT2D eigenvalue weighted by atomic mass is 10.1. The summed E-state index contributed by atoms with van der Waals surface area (Å²) in [5, 5.41) is 22.5. The third kappa shape index (κ3) is 5.86. The van der Waals surface area contributed by atoms with Crippen molar-refractivity contribution >= 4 is 17.4 Å². The summed E-state index contributed by atoms with van der Waals surface area (Å²) in [6.07, 6.45) is 1.83. The number of H-pyrrole nitrogens is 1. The molecule has 0 saturated heterocycles. The van der Waals surface area contributed by atoms with Gasteiger partial charge in [0, 0.05) is 23.5 Å². The molecule has 3 rings (SSSR count). The molecule has 0 saturated carbocycles. The second-order valence-corrected chi connectivity index (χ2v) is 6.82. The summed E-state index contributed by atoms with van der Waals surface area (Å²) in [6, 6.07) is 14.4. The number of aliphatic hydroxyl groups is 1. The molecule has 8 nitrogen and oxygen atoms in total. The molecule has 0 spiro atoms. The number of benzene rings is 2. The van der Waals surface area contributed by atoms with Crippen LogP contribution in [0.15, 0.2) is 61.2 Å². The number of rotatable bonds is 10. The van der Waals surface area contributed by atoms with Crippen molar-refractivity contribution < 1.29 is 19.4 Å². The number of methoxy groups -OCH3 is 2. The number of amides is 1. The van der Waals surface area contributed by atoms with Crippen LogP contribution in [0.1, 0.15) is 21.6 Å². The van der Waals surface area contributed by atoms with Gasteiger partial charge in [0.15, 0.2) is 5.82 Å². The fourth-order valence-electron chi connectivity index (χ4n) is 3.05. The summed E-state index contributed by atoms with van der Waals surface area (Å²) in [5.74, 6) is 1.55. The fourth-order valence-corrected chi connectivity index (χ4v) is 3.05. The van der Waals surface area contributed by atoms with Crippen LogP contribution in [0.25, 0.3) is 0 Å². The molecule has 1 aromatic heterocycles. The monoisotopic (exact) mass is 422 g/mol. The molecule has 1 unspecified atom stereocenters. The van der Waals surface area contributed by atoms with Gasteiger partial charge in [-0.1, -0.05) is 18.7 Å². The Bertz CT molecular complexity index is 1030. The molecule has 0 aliphatic rings. The van der Waals surface area contributed by atoms with Crippen LogP contribution in [-0.4, -0.2) is 41.7 Å². The molecule has 2 aromatic carbocycles. The van der Waals surface area contributed by atoms with Crippen molar-refractivity contribution in [2.75, 3.05) is 24.9 Å². The molecule has 1 amide bonds. The summed E-state index contributed by atoms with van der Waals surface area (Å²) in [4.78, 5) is 12.7. The number of hydrogen-bond acceptors (Lipinski definition) is 6. The Balaban J connectivity index is 1.64. The highest BCUT2D eigenvalue weighted by atomic mass is 16.5. The second-order valence-electron chi connectivity index (χ2n) is 6.82. The predicted octanol–water partition coefficient (Wildman–Crippen LogP) is 3.38. The highest BCUT2D eigenvalue weighted by Crippen LogP contribution is 2.24. The zero-order chi connectivity index (χ0) is 22.2. The molecule has 1 heterocycles. The largest absolute Gasteiger partial charge is 0.497 e. The Kier molecular flexibility index (Phi) is 7.29. The van der Waals surface area contributed by atoms with Crippen LogP contribution in [0.4, 0.5) is 11.5 Å². The number of aromatic nitrogens is 2. The molecule has 0 fully saturated rings.